The first kappa shape index (κ1) is 18.4. The summed E-state index contributed by atoms with van der Waals surface area (Å²) in [5, 5.41) is 12.3. The van der Waals surface area contributed by atoms with Crippen LogP contribution in [-0.4, -0.2) is 48.7 Å². The molecule has 2 aliphatic heterocycles. The molecule has 5 heterocycles. The van der Waals surface area contributed by atoms with Gasteiger partial charge in [0.15, 0.2) is 0 Å². The van der Waals surface area contributed by atoms with E-state index in [0.29, 0.717) is 5.92 Å². The molecule has 27 heavy (non-hydrogen) atoms. The van der Waals surface area contributed by atoms with Crippen molar-refractivity contribution >= 4 is 18.1 Å². The zero-order valence-electron chi connectivity index (χ0n) is 15.6. The van der Waals surface area contributed by atoms with Crippen molar-refractivity contribution in [1.82, 2.24) is 34.4 Å². The quantitative estimate of drug-likeness (QED) is 0.746. The maximum atomic E-state index is 4.54. The molecule has 1 saturated heterocycles. The largest absolute Gasteiger partial charge is 0.312 e. The molecule has 5 rings (SSSR count). The highest BCUT2D eigenvalue weighted by atomic mass is 35.5. The molecule has 0 aromatic carbocycles. The van der Waals surface area contributed by atoms with Crippen molar-refractivity contribution in [3.05, 3.63) is 47.4 Å². The van der Waals surface area contributed by atoms with Crippen molar-refractivity contribution < 1.29 is 0 Å². The van der Waals surface area contributed by atoms with E-state index in [2.05, 4.69) is 59.6 Å². The number of likely N-dealkylation sites (tertiary alicyclic amines) is 1. The van der Waals surface area contributed by atoms with Crippen molar-refractivity contribution in [3.63, 3.8) is 0 Å². The Bertz CT molecular complexity index is 923. The van der Waals surface area contributed by atoms with E-state index in [0.717, 1.165) is 63.6 Å². The number of hydrogen-bond acceptors (Lipinski definition) is 5. The van der Waals surface area contributed by atoms with Crippen molar-refractivity contribution in [2.45, 2.75) is 45.3 Å². The van der Waals surface area contributed by atoms with Crippen molar-refractivity contribution in [1.29, 1.82) is 0 Å². The van der Waals surface area contributed by atoms with Gasteiger partial charge in [0, 0.05) is 31.7 Å². The van der Waals surface area contributed by atoms with Gasteiger partial charge in [-0.25, -0.2) is 4.98 Å². The number of rotatable bonds is 3. The Balaban J connectivity index is 0.00000180. The van der Waals surface area contributed by atoms with Crippen LogP contribution in [0.2, 0.25) is 0 Å². The van der Waals surface area contributed by atoms with Gasteiger partial charge < -0.3 is 14.3 Å². The van der Waals surface area contributed by atoms with Gasteiger partial charge in [0.25, 0.3) is 0 Å². The van der Waals surface area contributed by atoms with E-state index in [1.807, 2.05) is 6.20 Å². The summed E-state index contributed by atoms with van der Waals surface area (Å²) in [6, 6.07) is 4.21. The molecule has 1 fully saturated rings. The third-order valence-electron chi connectivity index (χ3n) is 5.72. The van der Waals surface area contributed by atoms with Gasteiger partial charge in [0.05, 0.1) is 18.4 Å². The predicted molar refractivity (Wildman–Crippen MR) is 106 cm³/mol. The molecule has 8 heteroatoms. The predicted octanol–water partition coefficient (Wildman–Crippen LogP) is 2.14. The maximum absolute atomic E-state index is 4.54. The zero-order chi connectivity index (χ0) is 17.5. The summed E-state index contributed by atoms with van der Waals surface area (Å²) in [4.78, 5) is 7.08. The molecule has 7 nitrogen and oxygen atoms in total. The lowest BCUT2D eigenvalue weighted by Gasteiger charge is -2.31. The number of fused-ring (bicyclic) bond motifs is 2. The Kier molecular flexibility index (Phi) is 5.16. The van der Waals surface area contributed by atoms with Gasteiger partial charge in [-0.15, -0.1) is 22.6 Å². The molecular formula is C19H26ClN7. The second-order valence-electron chi connectivity index (χ2n) is 7.54. The van der Waals surface area contributed by atoms with Crippen LogP contribution in [0, 0.1) is 6.92 Å². The molecule has 3 aromatic rings. The van der Waals surface area contributed by atoms with Crippen molar-refractivity contribution in [2.75, 3.05) is 19.6 Å². The van der Waals surface area contributed by atoms with Crippen LogP contribution in [0.3, 0.4) is 0 Å². The average molecular weight is 388 g/mol. The summed E-state index contributed by atoms with van der Waals surface area (Å²) in [6.07, 6.45) is 6.51. The molecule has 0 amide bonds. The normalized spacial score (nSPS) is 18.4. The standard InChI is InChI=1S/C19H25N7.ClH/c1-14-2-3-17-21-10-16(26(17)12-14)13-24-7-4-15(5-8-24)19-23-22-18-11-20-6-9-25(18)19;/h2-3,10,12,15,20H,4-9,11,13H2,1H3;1H. The fourth-order valence-corrected chi connectivity index (χ4v) is 4.25. The van der Waals surface area contributed by atoms with Gasteiger partial charge in [-0.1, -0.05) is 6.07 Å². The molecule has 0 atom stereocenters. The summed E-state index contributed by atoms with van der Waals surface area (Å²) >= 11 is 0. The van der Waals surface area contributed by atoms with E-state index in [1.54, 1.807) is 0 Å². The lowest BCUT2D eigenvalue weighted by Crippen LogP contribution is -2.35. The van der Waals surface area contributed by atoms with Crippen LogP contribution < -0.4 is 5.32 Å². The van der Waals surface area contributed by atoms with Crippen LogP contribution in [0.15, 0.2) is 24.5 Å². The highest BCUT2D eigenvalue weighted by Gasteiger charge is 2.27. The summed E-state index contributed by atoms with van der Waals surface area (Å²) < 4.78 is 4.56. The molecular weight excluding hydrogens is 362 g/mol. The van der Waals surface area contributed by atoms with Gasteiger partial charge in [0.1, 0.15) is 17.3 Å². The highest BCUT2D eigenvalue weighted by Crippen LogP contribution is 2.28. The second kappa shape index (κ2) is 7.58. The molecule has 0 saturated carbocycles. The van der Waals surface area contributed by atoms with Gasteiger partial charge in [-0.2, -0.15) is 0 Å². The van der Waals surface area contributed by atoms with Crippen LogP contribution >= 0.6 is 12.4 Å². The molecule has 2 aliphatic rings. The summed E-state index contributed by atoms with van der Waals surface area (Å²) in [7, 11) is 0. The van der Waals surface area contributed by atoms with Crippen molar-refractivity contribution in [2.24, 2.45) is 0 Å². The summed E-state index contributed by atoms with van der Waals surface area (Å²) in [6.45, 7) is 8.15. The van der Waals surface area contributed by atoms with E-state index in [-0.39, 0.29) is 12.4 Å². The molecule has 0 unspecified atom stereocenters. The van der Waals surface area contributed by atoms with Crippen LogP contribution in [0.25, 0.3) is 5.65 Å². The number of pyridine rings is 1. The van der Waals surface area contributed by atoms with Crippen molar-refractivity contribution in [3.8, 4) is 0 Å². The van der Waals surface area contributed by atoms with Gasteiger partial charge in [-0.05, 0) is 44.5 Å². The second-order valence-corrected chi connectivity index (χ2v) is 7.54. The topological polar surface area (TPSA) is 63.3 Å². The molecule has 0 radical (unpaired) electrons. The number of nitrogens with one attached hydrogen (secondary N) is 1. The number of imidazole rings is 1. The van der Waals surface area contributed by atoms with Gasteiger partial charge in [0.2, 0.25) is 0 Å². The number of halogens is 1. The third-order valence-corrected chi connectivity index (χ3v) is 5.72. The molecule has 0 spiro atoms. The highest BCUT2D eigenvalue weighted by molar-refractivity contribution is 5.85. The molecule has 0 bridgehead atoms. The fraction of sp³-hybridized carbons (Fsp3) is 0.526. The van der Waals surface area contributed by atoms with Gasteiger partial charge in [-0.3, -0.25) is 4.90 Å². The Morgan fingerprint density at radius 3 is 2.85 bits per heavy atom. The summed E-state index contributed by atoms with van der Waals surface area (Å²) in [5.74, 6) is 2.83. The number of nitrogens with zero attached hydrogens (tertiary/aromatic N) is 6. The van der Waals surface area contributed by atoms with Crippen LogP contribution in [0.5, 0.6) is 0 Å². The Morgan fingerprint density at radius 2 is 2.00 bits per heavy atom. The van der Waals surface area contributed by atoms with Gasteiger partial charge >= 0.3 is 0 Å². The number of aromatic nitrogens is 5. The van der Waals surface area contributed by atoms with Crippen LogP contribution in [0.1, 0.15) is 41.7 Å². The summed E-state index contributed by atoms with van der Waals surface area (Å²) in [5.41, 5.74) is 3.57. The molecule has 0 aliphatic carbocycles. The van der Waals surface area contributed by atoms with E-state index in [1.165, 1.54) is 17.1 Å². The molecule has 3 aromatic heterocycles. The number of aryl methyl sites for hydroxylation is 1. The van der Waals surface area contributed by atoms with E-state index in [4.69, 9.17) is 0 Å². The van der Waals surface area contributed by atoms with E-state index < -0.39 is 0 Å². The number of piperidine rings is 1. The van der Waals surface area contributed by atoms with E-state index in [9.17, 15) is 0 Å². The Morgan fingerprint density at radius 1 is 1.15 bits per heavy atom. The van der Waals surface area contributed by atoms with Crippen LogP contribution in [0.4, 0.5) is 0 Å². The minimum Gasteiger partial charge on any atom is -0.312 e. The average Bonchev–Trinajstić information content (AvgIpc) is 3.27. The Labute approximate surface area is 165 Å². The number of hydrogen-bond donors (Lipinski definition) is 1. The monoisotopic (exact) mass is 387 g/mol. The maximum Gasteiger partial charge on any atom is 0.147 e. The Hall–Kier alpha value is -1.96. The first-order chi connectivity index (χ1) is 12.8. The first-order valence-electron chi connectivity index (χ1n) is 9.55. The third kappa shape index (κ3) is 3.47. The SMILES string of the molecule is Cc1ccc2ncc(CN3CCC(c4nnc5n4CCNC5)CC3)n2c1.Cl. The molecule has 144 valence electrons. The lowest BCUT2D eigenvalue weighted by atomic mass is 9.95. The minimum atomic E-state index is 0. The zero-order valence-corrected chi connectivity index (χ0v) is 16.5. The smallest absolute Gasteiger partial charge is 0.147 e. The molecule has 1 N–H and O–H groups in total. The first-order valence-corrected chi connectivity index (χ1v) is 9.55. The lowest BCUT2D eigenvalue weighted by molar-refractivity contribution is 0.197. The minimum absolute atomic E-state index is 0. The van der Waals surface area contributed by atoms with E-state index >= 15 is 0 Å². The fourth-order valence-electron chi connectivity index (χ4n) is 4.25. The van der Waals surface area contributed by atoms with Crippen LogP contribution in [-0.2, 0) is 19.6 Å².